The van der Waals surface area contributed by atoms with E-state index in [9.17, 15) is 9.59 Å². The summed E-state index contributed by atoms with van der Waals surface area (Å²) in [6.07, 6.45) is 0.834. The molecule has 0 aromatic heterocycles. The number of aryl methyl sites for hydroxylation is 1. The number of carbonyl (C=O) groups excluding carboxylic acids is 1. The predicted molar refractivity (Wildman–Crippen MR) is 69.1 cm³/mol. The van der Waals surface area contributed by atoms with Gasteiger partial charge in [-0.05, 0) is 37.5 Å². The Morgan fingerprint density at radius 2 is 2.21 bits per heavy atom. The third-order valence-corrected chi connectivity index (χ3v) is 3.22. The molecule has 0 spiro atoms. The fourth-order valence-electron chi connectivity index (χ4n) is 2.19. The van der Waals surface area contributed by atoms with Gasteiger partial charge in [-0.1, -0.05) is 12.1 Å². The molecule has 19 heavy (non-hydrogen) atoms. The Labute approximate surface area is 111 Å². The molecule has 102 valence electrons. The van der Waals surface area contributed by atoms with E-state index < -0.39 is 18.0 Å². The van der Waals surface area contributed by atoms with Crippen molar-refractivity contribution < 1.29 is 19.4 Å². The van der Waals surface area contributed by atoms with Crippen LogP contribution in [-0.4, -0.2) is 35.2 Å². The standard InChI is InChI=1S/C14H17NO4/c1-10-4-2-6-12(8-10)19-14(18)15-7-3-5-11(9-15)13(16)17/h2,4,6,8,11H,3,5,7,9H2,1H3,(H,16,17). The number of benzene rings is 1. The minimum atomic E-state index is -0.854. The zero-order valence-electron chi connectivity index (χ0n) is 10.8. The van der Waals surface area contributed by atoms with Gasteiger partial charge in [0.25, 0.3) is 0 Å². The molecule has 1 heterocycles. The number of aliphatic carboxylic acids is 1. The third-order valence-electron chi connectivity index (χ3n) is 3.22. The van der Waals surface area contributed by atoms with Crippen LogP contribution in [-0.2, 0) is 4.79 Å². The van der Waals surface area contributed by atoms with Crippen LogP contribution in [0.15, 0.2) is 24.3 Å². The molecule has 1 unspecified atom stereocenters. The summed E-state index contributed by atoms with van der Waals surface area (Å²) in [5.41, 5.74) is 1.01. The summed E-state index contributed by atoms with van der Waals surface area (Å²) in [6, 6.07) is 7.22. The lowest BCUT2D eigenvalue weighted by atomic mass is 9.99. The number of rotatable bonds is 2. The van der Waals surface area contributed by atoms with Crippen LogP contribution in [0.5, 0.6) is 5.75 Å². The van der Waals surface area contributed by atoms with Crippen molar-refractivity contribution in [1.29, 1.82) is 0 Å². The van der Waals surface area contributed by atoms with Crippen molar-refractivity contribution in [1.82, 2.24) is 4.90 Å². The fourth-order valence-corrected chi connectivity index (χ4v) is 2.19. The summed E-state index contributed by atoms with van der Waals surface area (Å²) in [6.45, 7) is 2.69. The van der Waals surface area contributed by atoms with Gasteiger partial charge in [0, 0.05) is 13.1 Å². The van der Waals surface area contributed by atoms with Gasteiger partial charge in [0.05, 0.1) is 5.92 Å². The highest BCUT2D eigenvalue weighted by atomic mass is 16.6. The lowest BCUT2D eigenvalue weighted by Gasteiger charge is -2.29. The number of carboxylic acids is 1. The number of amides is 1. The van der Waals surface area contributed by atoms with E-state index in [0.717, 1.165) is 5.56 Å². The van der Waals surface area contributed by atoms with Crippen LogP contribution in [0.4, 0.5) is 4.79 Å². The zero-order valence-corrected chi connectivity index (χ0v) is 10.8. The van der Waals surface area contributed by atoms with Gasteiger partial charge in [-0.3, -0.25) is 4.79 Å². The Hall–Kier alpha value is -2.04. The average Bonchev–Trinajstić information content (AvgIpc) is 2.39. The van der Waals surface area contributed by atoms with Gasteiger partial charge in [-0.2, -0.15) is 0 Å². The van der Waals surface area contributed by atoms with E-state index >= 15 is 0 Å². The predicted octanol–water partition coefficient (Wildman–Crippen LogP) is 2.29. The van der Waals surface area contributed by atoms with Crippen LogP contribution in [0.25, 0.3) is 0 Å². The molecule has 1 fully saturated rings. The van der Waals surface area contributed by atoms with Crippen molar-refractivity contribution in [2.45, 2.75) is 19.8 Å². The van der Waals surface area contributed by atoms with E-state index in [1.54, 1.807) is 12.1 Å². The van der Waals surface area contributed by atoms with Gasteiger partial charge in [0.1, 0.15) is 5.75 Å². The molecule has 1 saturated heterocycles. The summed E-state index contributed by atoms with van der Waals surface area (Å²) in [5.74, 6) is -0.852. The molecule has 1 amide bonds. The molecule has 0 bridgehead atoms. The normalized spacial score (nSPS) is 19.0. The lowest BCUT2D eigenvalue weighted by molar-refractivity contribution is -0.143. The minimum absolute atomic E-state index is 0.222. The summed E-state index contributed by atoms with van der Waals surface area (Å²) in [5, 5.41) is 8.99. The summed E-state index contributed by atoms with van der Waals surface area (Å²) in [7, 11) is 0. The van der Waals surface area contributed by atoms with Gasteiger partial charge in [0.15, 0.2) is 0 Å². The second-order valence-electron chi connectivity index (χ2n) is 4.81. The molecule has 0 aliphatic carbocycles. The Bertz CT molecular complexity index is 486. The largest absolute Gasteiger partial charge is 0.481 e. The van der Waals surface area contributed by atoms with Crippen LogP contribution >= 0.6 is 0 Å². The van der Waals surface area contributed by atoms with Gasteiger partial charge in [0.2, 0.25) is 0 Å². The molecular weight excluding hydrogens is 246 g/mol. The summed E-state index contributed by atoms with van der Waals surface area (Å²) >= 11 is 0. The molecule has 1 N–H and O–H groups in total. The van der Waals surface area contributed by atoms with E-state index in [4.69, 9.17) is 9.84 Å². The molecule has 1 aromatic rings. The van der Waals surface area contributed by atoms with Crippen LogP contribution in [0.2, 0.25) is 0 Å². The summed E-state index contributed by atoms with van der Waals surface area (Å²) in [4.78, 5) is 24.4. The number of piperidine rings is 1. The molecular formula is C14H17NO4. The highest BCUT2D eigenvalue weighted by Gasteiger charge is 2.29. The number of ether oxygens (including phenoxy) is 1. The van der Waals surface area contributed by atoms with Crippen molar-refractivity contribution in [3.8, 4) is 5.75 Å². The van der Waals surface area contributed by atoms with Crippen LogP contribution in [0, 0.1) is 12.8 Å². The average molecular weight is 263 g/mol. The first-order valence-corrected chi connectivity index (χ1v) is 6.32. The Morgan fingerprint density at radius 3 is 2.89 bits per heavy atom. The molecule has 1 aliphatic heterocycles. The minimum Gasteiger partial charge on any atom is -0.481 e. The lowest BCUT2D eigenvalue weighted by Crippen LogP contribution is -2.43. The first-order chi connectivity index (χ1) is 9.06. The van der Waals surface area contributed by atoms with E-state index in [-0.39, 0.29) is 6.54 Å². The Kier molecular flexibility index (Phi) is 4.04. The molecule has 1 atom stereocenters. The summed E-state index contributed by atoms with van der Waals surface area (Å²) < 4.78 is 5.26. The molecule has 0 radical (unpaired) electrons. The topological polar surface area (TPSA) is 66.8 Å². The van der Waals surface area contributed by atoms with Crippen LogP contribution < -0.4 is 4.74 Å². The maximum atomic E-state index is 12.0. The van der Waals surface area contributed by atoms with Crippen LogP contribution in [0.3, 0.4) is 0 Å². The van der Waals surface area contributed by atoms with Crippen molar-refractivity contribution in [3.63, 3.8) is 0 Å². The Morgan fingerprint density at radius 1 is 1.42 bits per heavy atom. The number of carbonyl (C=O) groups is 2. The monoisotopic (exact) mass is 263 g/mol. The molecule has 1 aliphatic rings. The number of hydrogen-bond donors (Lipinski definition) is 1. The second-order valence-corrected chi connectivity index (χ2v) is 4.81. The van der Waals surface area contributed by atoms with Gasteiger partial charge >= 0.3 is 12.1 Å². The molecule has 0 saturated carbocycles. The van der Waals surface area contributed by atoms with Crippen molar-refractivity contribution in [2.75, 3.05) is 13.1 Å². The third kappa shape index (κ3) is 3.47. The Balaban J connectivity index is 1.98. The maximum Gasteiger partial charge on any atom is 0.415 e. The smallest absolute Gasteiger partial charge is 0.415 e. The van der Waals surface area contributed by atoms with Crippen molar-refractivity contribution >= 4 is 12.1 Å². The molecule has 1 aromatic carbocycles. The zero-order chi connectivity index (χ0) is 13.8. The van der Waals surface area contributed by atoms with E-state index in [1.807, 2.05) is 19.1 Å². The first kappa shape index (κ1) is 13.4. The number of likely N-dealkylation sites (tertiary alicyclic amines) is 1. The number of nitrogens with zero attached hydrogens (tertiary/aromatic N) is 1. The molecule has 2 rings (SSSR count). The van der Waals surface area contributed by atoms with Gasteiger partial charge < -0.3 is 14.7 Å². The van der Waals surface area contributed by atoms with E-state index in [1.165, 1.54) is 4.90 Å². The first-order valence-electron chi connectivity index (χ1n) is 6.32. The SMILES string of the molecule is Cc1cccc(OC(=O)N2CCCC(C(=O)O)C2)c1. The highest BCUT2D eigenvalue weighted by molar-refractivity contribution is 5.74. The van der Waals surface area contributed by atoms with Crippen LogP contribution in [0.1, 0.15) is 18.4 Å². The number of hydrogen-bond acceptors (Lipinski definition) is 3. The quantitative estimate of drug-likeness (QED) is 0.889. The van der Waals surface area contributed by atoms with Crippen molar-refractivity contribution in [2.24, 2.45) is 5.92 Å². The number of carboxylic acid groups (broad SMARTS) is 1. The maximum absolute atomic E-state index is 12.0. The fraction of sp³-hybridized carbons (Fsp3) is 0.429. The molecule has 5 nitrogen and oxygen atoms in total. The second kappa shape index (κ2) is 5.73. The van der Waals surface area contributed by atoms with E-state index in [2.05, 4.69) is 0 Å². The van der Waals surface area contributed by atoms with Gasteiger partial charge in [-0.25, -0.2) is 4.79 Å². The van der Waals surface area contributed by atoms with E-state index in [0.29, 0.717) is 25.1 Å². The van der Waals surface area contributed by atoms with Crippen molar-refractivity contribution in [3.05, 3.63) is 29.8 Å². The van der Waals surface area contributed by atoms with Gasteiger partial charge in [-0.15, -0.1) is 0 Å². The highest BCUT2D eigenvalue weighted by Crippen LogP contribution is 2.19. The molecule has 5 heteroatoms.